The van der Waals surface area contributed by atoms with Gasteiger partial charge in [-0.2, -0.15) is 4.98 Å². The number of nitrogens with zero attached hydrogens (tertiary/aromatic N) is 2. The van der Waals surface area contributed by atoms with E-state index in [2.05, 4.69) is 16.9 Å². The van der Waals surface area contributed by atoms with Gasteiger partial charge in [0.1, 0.15) is 23.9 Å². The van der Waals surface area contributed by atoms with Crippen LogP contribution in [0.25, 0.3) is 0 Å². The summed E-state index contributed by atoms with van der Waals surface area (Å²) in [5.41, 5.74) is 5.72. The minimum absolute atomic E-state index is 0.283. The monoisotopic (exact) mass is 289 g/mol. The molecule has 0 atom stereocenters. The molecule has 0 aliphatic heterocycles. The van der Waals surface area contributed by atoms with Gasteiger partial charge in [0.05, 0.1) is 6.61 Å². The van der Waals surface area contributed by atoms with Crippen LogP contribution in [0.15, 0.2) is 30.3 Å². The van der Waals surface area contributed by atoms with Gasteiger partial charge < -0.3 is 19.9 Å². The van der Waals surface area contributed by atoms with Gasteiger partial charge in [0, 0.05) is 13.2 Å². The van der Waals surface area contributed by atoms with Crippen molar-refractivity contribution in [3.05, 3.63) is 36.2 Å². The number of hydrogen-bond donors (Lipinski definition) is 1. The Morgan fingerprint density at radius 1 is 1.10 bits per heavy atom. The molecule has 0 fully saturated rings. The second-order valence-electron chi connectivity index (χ2n) is 4.40. The molecule has 1 aromatic carbocycles. The van der Waals surface area contributed by atoms with E-state index in [-0.39, 0.29) is 6.61 Å². The zero-order chi connectivity index (χ0) is 15.1. The van der Waals surface area contributed by atoms with Crippen molar-refractivity contribution in [1.29, 1.82) is 0 Å². The Hall–Kier alpha value is -2.34. The fourth-order valence-electron chi connectivity index (χ4n) is 1.68. The summed E-state index contributed by atoms with van der Waals surface area (Å²) in [6.07, 6.45) is 0.973. The molecule has 0 amide bonds. The lowest BCUT2D eigenvalue weighted by Crippen LogP contribution is -2.02. The first-order chi connectivity index (χ1) is 10.2. The summed E-state index contributed by atoms with van der Waals surface area (Å²) in [5.74, 6) is 2.67. The van der Waals surface area contributed by atoms with E-state index in [1.165, 1.54) is 0 Å². The maximum Gasteiger partial charge on any atom is 0.224 e. The molecule has 0 saturated carbocycles. The third-order valence-electron chi connectivity index (χ3n) is 2.56. The van der Waals surface area contributed by atoms with Gasteiger partial charge in [0.25, 0.3) is 0 Å². The lowest BCUT2D eigenvalue weighted by molar-refractivity contribution is 0.177. The molecular formula is C15H19N3O3. The van der Waals surface area contributed by atoms with Crippen LogP contribution in [0.4, 0.5) is 5.82 Å². The van der Waals surface area contributed by atoms with Crippen LogP contribution in [0.5, 0.6) is 17.4 Å². The van der Waals surface area contributed by atoms with Crippen LogP contribution < -0.4 is 15.2 Å². The summed E-state index contributed by atoms with van der Waals surface area (Å²) in [4.78, 5) is 8.28. The first kappa shape index (κ1) is 15.1. The van der Waals surface area contributed by atoms with E-state index in [0.717, 1.165) is 12.2 Å². The minimum Gasteiger partial charge on any atom is -0.494 e. The average molecular weight is 289 g/mol. The lowest BCUT2D eigenvalue weighted by Gasteiger charge is -2.08. The van der Waals surface area contributed by atoms with E-state index in [4.69, 9.17) is 19.9 Å². The molecule has 0 spiro atoms. The van der Waals surface area contributed by atoms with Gasteiger partial charge in [-0.3, -0.25) is 0 Å². The van der Waals surface area contributed by atoms with Gasteiger partial charge in [0.2, 0.25) is 5.88 Å². The Morgan fingerprint density at radius 3 is 2.48 bits per heavy atom. The molecule has 0 saturated heterocycles. The van der Waals surface area contributed by atoms with E-state index in [0.29, 0.717) is 29.9 Å². The van der Waals surface area contributed by atoms with E-state index < -0.39 is 0 Å². The van der Waals surface area contributed by atoms with Gasteiger partial charge in [-0.15, -0.1) is 0 Å². The summed E-state index contributed by atoms with van der Waals surface area (Å²) < 4.78 is 16.2. The molecular weight excluding hydrogens is 270 g/mol. The fourth-order valence-corrected chi connectivity index (χ4v) is 1.68. The SMILES string of the molecule is CCCOc1ccc(Oc2cc(N)nc(COC)n2)cc1. The largest absolute Gasteiger partial charge is 0.494 e. The summed E-state index contributed by atoms with van der Waals surface area (Å²) in [7, 11) is 1.57. The predicted molar refractivity (Wildman–Crippen MR) is 79.5 cm³/mol. The average Bonchev–Trinajstić information content (AvgIpc) is 2.46. The highest BCUT2D eigenvalue weighted by Crippen LogP contribution is 2.23. The Bertz CT molecular complexity index is 573. The summed E-state index contributed by atoms with van der Waals surface area (Å²) in [6.45, 7) is 3.04. The molecule has 6 nitrogen and oxygen atoms in total. The highest BCUT2D eigenvalue weighted by Gasteiger charge is 2.05. The molecule has 1 heterocycles. The van der Waals surface area contributed by atoms with E-state index in [9.17, 15) is 0 Å². The number of aromatic nitrogens is 2. The maximum atomic E-state index is 5.72. The van der Waals surface area contributed by atoms with Gasteiger partial charge in [-0.1, -0.05) is 6.92 Å². The van der Waals surface area contributed by atoms with Crippen molar-refractivity contribution in [1.82, 2.24) is 9.97 Å². The third kappa shape index (κ3) is 4.61. The molecule has 1 aromatic heterocycles. The van der Waals surface area contributed by atoms with Crippen LogP contribution in [0.1, 0.15) is 19.2 Å². The maximum absolute atomic E-state index is 5.72. The molecule has 0 aliphatic carbocycles. The fraction of sp³-hybridized carbons (Fsp3) is 0.333. The van der Waals surface area contributed by atoms with E-state index >= 15 is 0 Å². The second-order valence-corrected chi connectivity index (χ2v) is 4.40. The number of nitrogen functional groups attached to an aromatic ring is 1. The number of anilines is 1. The molecule has 0 unspecified atom stereocenters. The molecule has 112 valence electrons. The zero-order valence-corrected chi connectivity index (χ0v) is 12.2. The number of rotatable bonds is 7. The van der Waals surface area contributed by atoms with E-state index in [1.807, 2.05) is 24.3 Å². The van der Waals surface area contributed by atoms with Crippen LogP contribution in [0.3, 0.4) is 0 Å². The van der Waals surface area contributed by atoms with Crippen molar-refractivity contribution in [2.24, 2.45) is 0 Å². The summed E-state index contributed by atoms with van der Waals surface area (Å²) in [5, 5.41) is 0. The van der Waals surface area contributed by atoms with Crippen molar-refractivity contribution < 1.29 is 14.2 Å². The quantitative estimate of drug-likeness (QED) is 0.844. The van der Waals surface area contributed by atoms with Gasteiger partial charge in [-0.05, 0) is 30.7 Å². The second kappa shape index (κ2) is 7.44. The van der Waals surface area contributed by atoms with Gasteiger partial charge >= 0.3 is 0 Å². The van der Waals surface area contributed by atoms with Crippen molar-refractivity contribution in [3.63, 3.8) is 0 Å². The number of benzene rings is 1. The Balaban J connectivity index is 2.07. The number of ether oxygens (including phenoxy) is 3. The third-order valence-corrected chi connectivity index (χ3v) is 2.56. The van der Waals surface area contributed by atoms with Crippen molar-refractivity contribution in [3.8, 4) is 17.4 Å². The minimum atomic E-state index is 0.283. The van der Waals surface area contributed by atoms with Crippen LogP contribution >= 0.6 is 0 Å². The summed E-state index contributed by atoms with van der Waals surface area (Å²) >= 11 is 0. The highest BCUT2D eigenvalue weighted by atomic mass is 16.5. The van der Waals surface area contributed by atoms with E-state index in [1.54, 1.807) is 13.2 Å². The highest BCUT2D eigenvalue weighted by molar-refractivity contribution is 5.37. The molecule has 2 rings (SSSR count). The smallest absolute Gasteiger partial charge is 0.224 e. The van der Waals surface area contributed by atoms with Crippen molar-refractivity contribution in [2.45, 2.75) is 20.0 Å². The van der Waals surface area contributed by atoms with Gasteiger partial charge in [0.15, 0.2) is 5.82 Å². The van der Waals surface area contributed by atoms with Crippen LogP contribution in [-0.2, 0) is 11.3 Å². The van der Waals surface area contributed by atoms with Crippen LogP contribution in [-0.4, -0.2) is 23.7 Å². The standard InChI is InChI=1S/C15H19N3O3/c1-3-8-20-11-4-6-12(7-5-11)21-15-9-13(16)17-14(18-15)10-19-2/h4-7,9H,3,8,10H2,1-2H3,(H2,16,17,18). The lowest BCUT2D eigenvalue weighted by atomic mass is 10.3. The predicted octanol–water partition coefficient (Wildman–Crippen LogP) is 2.79. The Labute approximate surface area is 123 Å². The van der Waals surface area contributed by atoms with Crippen molar-refractivity contribution in [2.75, 3.05) is 19.5 Å². The van der Waals surface area contributed by atoms with Crippen molar-refractivity contribution >= 4 is 5.82 Å². The first-order valence-corrected chi connectivity index (χ1v) is 6.74. The molecule has 0 bridgehead atoms. The first-order valence-electron chi connectivity index (χ1n) is 6.74. The molecule has 0 aliphatic rings. The molecule has 0 radical (unpaired) electrons. The van der Waals surface area contributed by atoms with Gasteiger partial charge in [-0.25, -0.2) is 4.98 Å². The van der Waals surface area contributed by atoms with Crippen LogP contribution in [0, 0.1) is 0 Å². The Kier molecular flexibility index (Phi) is 5.34. The Morgan fingerprint density at radius 2 is 1.81 bits per heavy atom. The molecule has 2 aromatic rings. The topological polar surface area (TPSA) is 79.5 Å². The normalized spacial score (nSPS) is 10.4. The number of hydrogen-bond acceptors (Lipinski definition) is 6. The molecule has 2 N–H and O–H groups in total. The molecule has 21 heavy (non-hydrogen) atoms. The molecule has 6 heteroatoms. The zero-order valence-electron chi connectivity index (χ0n) is 12.2. The summed E-state index contributed by atoms with van der Waals surface area (Å²) in [6, 6.07) is 8.91. The number of methoxy groups -OCH3 is 1. The number of nitrogens with two attached hydrogens (primary N) is 1. The van der Waals surface area contributed by atoms with Crippen LogP contribution in [0.2, 0.25) is 0 Å².